The number of rotatable bonds is 4. The van der Waals surface area contributed by atoms with Gasteiger partial charge in [0.2, 0.25) is 0 Å². The first-order chi connectivity index (χ1) is 9.50. The highest BCUT2D eigenvalue weighted by Gasteiger charge is 2.28. The van der Waals surface area contributed by atoms with Gasteiger partial charge < -0.3 is 21.0 Å². The molecule has 0 amide bonds. The van der Waals surface area contributed by atoms with Gasteiger partial charge in [0.1, 0.15) is 0 Å². The molecule has 2 rings (SSSR count). The number of amidine groups is 1. The molecule has 1 aliphatic rings. The van der Waals surface area contributed by atoms with Crippen LogP contribution in [0.5, 0.6) is 0 Å². The number of ether oxygens (including phenoxy) is 1. The molecule has 0 saturated carbocycles. The van der Waals surface area contributed by atoms with Crippen LogP contribution in [-0.4, -0.2) is 29.3 Å². The zero-order chi connectivity index (χ0) is 14.6. The lowest BCUT2D eigenvalue weighted by molar-refractivity contribution is -0.0630. The molecule has 5 heteroatoms. The van der Waals surface area contributed by atoms with Gasteiger partial charge in [0.25, 0.3) is 0 Å². The predicted octanol–water partition coefficient (Wildman–Crippen LogP) is 1.83. The maximum atomic E-state index is 8.62. The molecular weight excluding hydrogens is 254 g/mol. The number of benzene rings is 1. The van der Waals surface area contributed by atoms with E-state index in [9.17, 15) is 0 Å². The number of hydrogen-bond acceptors (Lipinski definition) is 4. The number of nitrogens with zero attached hydrogens (tertiary/aromatic N) is 1. The Labute approximate surface area is 119 Å². The summed E-state index contributed by atoms with van der Waals surface area (Å²) >= 11 is 0. The first-order valence-electron chi connectivity index (χ1n) is 6.94. The molecule has 110 valence electrons. The van der Waals surface area contributed by atoms with Crippen molar-refractivity contribution in [3.8, 4) is 0 Å². The third-order valence-corrected chi connectivity index (χ3v) is 3.65. The average molecular weight is 277 g/mol. The zero-order valence-corrected chi connectivity index (χ0v) is 12.1. The lowest BCUT2D eigenvalue weighted by Gasteiger charge is -2.36. The quantitative estimate of drug-likeness (QED) is 0.339. The highest BCUT2D eigenvalue weighted by atomic mass is 16.5. The lowest BCUT2D eigenvalue weighted by atomic mass is 9.94. The predicted molar refractivity (Wildman–Crippen MR) is 78.8 cm³/mol. The van der Waals surface area contributed by atoms with E-state index in [0.29, 0.717) is 6.04 Å². The zero-order valence-electron chi connectivity index (χ0n) is 12.1. The van der Waals surface area contributed by atoms with Crippen LogP contribution in [0.1, 0.15) is 37.8 Å². The maximum absolute atomic E-state index is 8.62. The van der Waals surface area contributed by atoms with E-state index in [0.717, 1.165) is 31.6 Å². The van der Waals surface area contributed by atoms with E-state index in [1.54, 1.807) is 0 Å². The Morgan fingerprint density at radius 2 is 2.15 bits per heavy atom. The summed E-state index contributed by atoms with van der Waals surface area (Å²) in [6.45, 7) is 5.89. The van der Waals surface area contributed by atoms with E-state index < -0.39 is 0 Å². The van der Waals surface area contributed by atoms with Gasteiger partial charge >= 0.3 is 0 Å². The van der Waals surface area contributed by atoms with Crippen molar-refractivity contribution in [1.82, 2.24) is 5.32 Å². The Morgan fingerprint density at radius 3 is 2.75 bits per heavy atom. The summed E-state index contributed by atoms with van der Waals surface area (Å²) < 4.78 is 5.71. The summed E-state index contributed by atoms with van der Waals surface area (Å²) in [4.78, 5) is 0. The van der Waals surface area contributed by atoms with Crippen molar-refractivity contribution in [2.24, 2.45) is 10.9 Å². The largest absolute Gasteiger partial charge is 0.409 e. The fourth-order valence-electron chi connectivity index (χ4n) is 2.52. The van der Waals surface area contributed by atoms with Gasteiger partial charge in [0.15, 0.2) is 5.84 Å². The van der Waals surface area contributed by atoms with Crippen molar-refractivity contribution < 1.29 is 9.94 Å². The van der Waals surface area contributed by atoms with E-state index in [1.807, 2.05) is 24.3 Å². The molecule has 1 aliphatic heterocycles. The fraction of sp³-hybridized carbons (Fsp3) is 0.533. The molecule has 0 bridgehead atoms. The first kappa shape index (κ1) is 14.8. The van der Waals surface area contributed by atoms with Crippen LogP contribution in [0.15, 0.2) is 29.4 Å². The van der Waals surface area contributed by atoms with Crippen LogP contribution in [0.3, 0.4) is 0 Å². The Balaban J connectivity index is 1.88. The summed E-state index contributed by atoms with van der Waals surface area (Å²) in [5.74, 6) is 0.135. The Bertz CT molecular complexity index is 469. The fourth-order valence-corrected chi connectivity index (χ4v) is 2.52. The standard InChI is InChI=1S/C15H23N3O2/c1-15(2)9-13(7-8-20-15)17-10-11-3-5-12(6-4-11)14(16)18-19/h3-6,13,17,19H,7-10H2,1-2H3,(H2,16,18). The summed E-state index contributed by atoms with van der Waals surface area (Å²) in [6.07, 6.45) is 2.07. The van der Waals surface area contributed by atoms with Gasteiger partial charge in [-0.3, -0.25) is 0 Å². The first-order valence-corrected chi connectivity index (χ1v) is 6.94. The Kier molecular flexibility index (Phi) is 4.62. The van der Waals surface area contributed by atoms with E-state index >= 15 is 0 Å². The molecule has 0 spiro atoms. The van der Waals surface area contributed by atoms with E-state index in [1.165, 1.54) is 5.56 Å². The van der Waals surface area contributed by atoms with Gasteiger partial charge in [-0.2, -0.15) is 0 Å². The summed E-state index contributed by atoms with van der Waals surface area (Å²) in [5, 5.41) is 15.2. The monoisotopic (exact) mass is 277 g/mol. The highest BCUT2D eigenvalue weighted by Crippen LogP contribution is 2.24. The number of nitrogens with one attached hydrogen (secondary N) is 1. The normalized spacial score (nSPS) is 22.7. The topological polar surface area (TPSA) is 79.9 Å². The Hall–Kier alpha value is -1.59. The molecule has 1 fully saturated rings. The van der Waals surface area contributed by atoms with E-state index in [2.05, 4.69) is 24.3 Å². The van der Waals surface area contributed by atoms with Crippen molar-refractivity contribution in [2.75, 3.05) is 6.61 Å². The minimum absolute atomic E-state index is 0.0359. The van der Waals surface area contributed by atoms with Crippen LogP contribution in [0.25, 0.3) is 0 Å². The molecule has 20 heavy (non-hydrogen) atoms. The van der Waals surface area contributed by atoms with Crippen LogP contribution in [0.4, 0.5) is 0 Å². The second-order valence-corrected chi connectivity index (χ2v) is 5.86. The third kappa shape index (κ3) is 3.95. The number of oxime groups is 1. The van der Waals surface area contributed by atoms with Gasteiger partial charge in [-0.25, -0.2) is 0 Å². The SMILES string of the molecule is CC1(C)CC(NCc2ccc(/C(N)=N/O)cc2)CCO1. The van der Waals surface area contributed by atoms with Gasteiger partial charge in [0, 0.05) is 24.8 Å². The summed E-state index contributed by atoms with van der Waals surface area (Å²) in [6, 6.07) is 8.19. The van der Waals surface area contributed by atoms with Crippen molar-refractivity contribution in [1.29, 1.82) is 0 Å². The van der Waals surface area contributed by atoms with E-state index in [4.69, 9.17) is 15.7 Å². The van der Waals surface area contributed by atoms with Crippen molar-refractivity contribution in [2.45, 2.75) is 44.9 Å². The van der Waals surface area contributed by atoms with Gasteiger partial charge in [-0.05, 0) is 32.3 Å². The van der Waals surface area contributed by atoms with Gasteiger partial charge in [-0.15, -0.1) is 0 Å². The third-order valence-electron chi connectivity index (χ3n) is 3.65. The number of nitrogens with two attached hydrogens (primary N) is 1. The van der Waals surface area contributed by atoms with Crippen LogP contribution in [-0.2, 0) is 11.3 Å². The second kappa shape index (κ2) is 6.24. The lowest BCUT2D eigenvalue weighted by Crippen LogP contribution is -2.43. The minimum Gasteiger partial charge on any atom is -0.409 e. The van der Waals surface area contributed by atoms with Crippen LogP contribution in [0.2, 0.25) is 0 Å². The minimum atomic E-state index is -0.0359. The van der Waals surface area contributed by atoms with Crippen molar-refractivity contribution >= 4 is 5.84 Å². The van der Waals surface area contributed by atoms with Crippen molar-refractivity contribution in [3.05, 3.63) is 35.4 Å². The molecule has 5 nitrogen and oxygen atoms in total. The summed E-state index contributed by atoms with van der Waals surface area (Å²) in [7, 11) is 0. The molecule has 4 N–H and O–H groups in total. The Morgan fingerprint density at radius 1 is 1.45 bits per heavy atom. The molecular formula is C15H23N3O2. The maximum Gasteiger partial charge on any atom is 0.170 e. The molecule has 0 aliphatic carbocycles. The molecule has 1 atom stereocenters. The average Bonchev–Trinajstić information content (AvgIpc) is 2.44. The smallest absolute Gasteiger partial charge is 0.170 e. The molecule has 1 saturated heterocycles. The molecule has 1 aromatic rings. The van der Waals surface area contributed by atoms with E-state index in [-0.39, 0.29) is 11.4 Å². The molecule has 0 radical (unpaired) electrons. The number of hydrogen-bond donors (Lipinski definition) is 3. The second-order valence-electron chi connectivity index (χ2n) is 5.86. The summed E-state index contributed by atoms with van der Waals surface area (Å²) in [5.41, 5.74) is 7.41. The van der Waals surface area contributed by atoms with Crippen molar-refractivity contribution in [3.63, 3.8) is 0 Å². The van der Waals surface area contributed by atoms with Crippen LogP contribution < -0.4 is 11.1 Å². The molecule has 0 aromatic heterocycles. The van der Waals surface area contributed by atoms with Gasteiger partial charge in [-0.1, -0.05) is 29.4 Å². The van der Waals surface area contributed by atoms with Gasteiger partial charge in [0.05, 0.1) is 5.60 Å². The molecule has 1 aromatic carbocycles. The molecule has 1 heterocycles. The van der Waals surface area contributed by atoms with Crippen LogP contribution >= 0.6 is 0 Å². The molecule has 1 unspecified atom stereocenters. The van der Waals surface area contributed by atoms with Crippen LogP contribution in [0, 0.1) is 0 Å². The highest BCUT2D eigenvalue weighted by molar-refractivity contribution is 5.96.